The third kappa shape index (κ3) is 9.17. The van der Waals surface area contributed by atoms with Crippen molar-refractivity contribution in [2.24, 2.45) is 0 Å². The van der Waals surface area contributed by atoms with E-state index in [9.17, 15) is 4.79 Å². The van der Waals surface area contributed by atoms with Crippen molar-refractivity contribution in [1.29, 1.82) is 0 Å². The maximum Gasteiger partial charge on any atom is 0.343 e. The molecule has 0 radical (unpaired) electrons. The zero-order valence-corrected chi connectivity index (χ0v) is 18.1. The molecule has 0 fully saturated rings. The number of rotatable bonds is 15. The van der Waals surface area contributed by atoms with E-state index in [2.05, 4.69) is 13.5 Å². The molecule has 0 bridgehead atoms. The van der Waals surface area contributed by atoms with Crippen LogP contribution in [0.2, 0.25) is 0 Å². The first kappa shape index (κ1) is 23.5. The first-order chi connectivity index (χ1) is 14.7. The number of hydrogen-bond donors (Lipinski definition) is 0. The fourth-order valence-corrected chi connectivity index (χ4v) is 2.93. The van der Waals surface area contributed by atoms with Crippen molar-refractivity contribution in [3.63, 3.8) is 0 Å². The Balaban J connectivity index is 1.72. The van der Waals surface area contributed by atoms with Crippen molar-refractivity contribution in [2.75, 3.05) is 13.2 Å². The molecular formula is C26H34O4. The maximum atomic E-state index is 12.3. The molecule has 0 amide bonds. The zero-order chi connectivity index (χ0) is 21.4. The molecule has 0 N–H and O–H groups in total. The minimum atomic E-state index is -0.390. The molecule has 2 rings (SSSR count). The molecule has 0 aliphatic heterocycles. The molecule has 0 unspecified atom stereocenters. The molecule has 0 spiro atoms. The second-order valence-electron chi connectivity index (χ2n) is 7.28. The molecule has 0 aromatic heterocycles. The summed E-state index contributed by atoms with van der Waals surface area (Å²) in [4.78, 5) is 12.3. The highest BCUT2D eigenvalue weighted by Crippen LogP contribution is 2.20. The van der Waals surface area contributed by atoms with E-state index in [4.69, 9.17) is 14.2 Å². The minimum Gasteiger partial charge on any atom is -0.494 e. The van der Waals surface area contributed by atoms with Crippen LogP contribution in [0.1, 0.15) is 68.6 Å². The molecular weight excluding hydrogens is 376 g/mol. The molecule has 0 heterocycles. The molecule has 30 heavy (non-hydrogen) atoms. The Kier molecular flexibility index (Phi) is 11.2. The van der Waals surface area contributed by atoms with Gasteiger partial charge in [0.15, 0.2) is 0 Å². The lowest BCUT2D eigenvalue weighted by atomic mass is 10.2. The number of benzene rings is 2. The summed E-state index contributed by atoms with van der Waals surface area (Å²) in [6.45, 7) is 7.29. The Labute approximate surface area is 180 Å². The Morgan fingerprint density at radius 2 is 1.30 bits per heavy atom. The second kappa shape index (κ2) is 14.3. The summed E-state index contributed by atoms with van der Waals surface area (Å²) in [5.74, 6) is 1.65. The predicted molar refractivity (Wildman–Crippen MR) is 122 cm³/mol. The van der Waals surface area contributed by atoms with Crippen LogP contribution >= 0.6 is 0 Å². The largest absolute Gasteiger partial charge is 0.494 e. The lowest BCUT2D eigenvalue weighted by molar-refractivity contribution is 0.0734. The molecule has 4 heteroatoms. The van der Waals surface area contributed by atoms with E-state index in [1.807, 2.05) is 30.3 Å². The van der Waals surface area contributed by atoms with Crippen molar-refractivity contribution in [3.05, 3.63) is 66.7 Å². The van der Waals surface area contributed by atoms with Crippen molar-refractivity contribution >= 4 is 5.97 Å². The van der Waals surface area contributed by atoms with E-state index in [-0.39, 0.29) is 5.97 Å². The zero-order valence-electron chi connectivity index (χ0n) is 18.1. The number of esters is 1. The molecule has 0 saturated carbocycles. The van der Waals surface area contributed by atoms with Gasteiger partial charge in [0.1, 0.15) is 17.2 Å². The van der Waals surface area contributed by atoms with Gasteiger partial charge in [-0.3, -0.25) is 0 Å². The van der Waals surface area contributed by atoms with Gasteiger partial charge in [0.2, 0.25) is 0 Å². The van der Waals surface area contributed by atoms with E-state index in [0.717, 1.165) is 37.2 Å². The molecule has 4 nitrogen and oxygen atoms in total. The summed E-state index contributed by atoms with van der Waals surface area (Å²) in [5, 5.41) is 0. The molecule has 2 aromatic rings. The van der Waals surface area contributed by atoms with E-state index in [1.54, 1.807) is 24.3 Å². The van der Waals surface area contributed by atoms with Crippen molar-refractivity contribution < 1.29 is 19.0 Å². The van der Waals surface area contributed by atoms with Crippen LogP contribution in [0, 0.1) is 0 Å². The van der Waals surface area contributed by atoms with Crippen LogP contribution in [0.3, 0.4) is 0 Å². The van der Waals surface area contributed by atoms with Gasteiger partial charge in [0.05, 0.1) is 18.8 Å². The lowest BCUT2D eigenvalue weighted by Crippen LogP contribution is -2.08. The van der Waals surface area contributed by atoms with Gasteiger partial charge in [0.25, 0.3) is 0 Å². The number of unbranched alkanes of at least 4 members (excludes halogenated alkanes) is 6. The molecule has 0 saturated heterocycles. The van der Waals surface area contributed by atoms with Crippen LogP contribution < -0.4 is 14.2 Å². The van der Waals surface area contributed by atoms with Crippen molar-refractivity contribution in [1.82, 2.24) is 0 Å². The third-order valence-corrected chi connectivity index (χ3v) is 4.71. The first-order valence-electron chi connectivity index (χ1n) is 11.0. The number of hydrogen-bond acceptors (Lipinski definition) is 4. The van der Waals surface area contributed by atoms with E-state index in [0.29, 0.717) is 24.5 Å². The van der Waals surface area contributed by atoms with Crippen LogP contribution in [0.15, 0.2) is 61.2 Å². The topological polar surface area (TPSA) is 44.8 Å². The quantitative estimate of drug-likeness (QED) is 0.137. The Bertz CT molecular complexity index is 735. The standard InChI is InChI=1S/C26H34O4/c1-3-5-7-9-11-21-28-23-14-12-22(13-15-23)26(27)30-25-18-16-24(17-19-25)29-20-10-8-6-4-2/h4,12-19H,2-3,5-11,20-21H2,1H3. The summed E-state index contributed by atoms with van der Waals surface area (Å²) >= 11 is 0. The van der Waals surface area contributed by atoms with Crippen LogP contribution in [0.5, 0.6) is 17.2 Å². The number of allylic oxidation sites excluding steroid dienone is 1. The van der Waals surface area contributed by atoms with Gasteiger partial charge in [-0.25, -0.2) is 4.79 Å². The Hall–Kier alpha value is -2.75. The van der Waals surface area contributed by atoms with Crippen molar-refractivity contribution in [3.8, 4) is 17.2 Å². The average molecular weight is 411 g/mol. The predicted octanol–water partition coefficient (Wildman–Crippen LogP) is 6.99. The maximum absolute atomic E-state index is 12.3. The molecule has 2 aromatic carbocycles. The van der Waals surface area contributed by atoms with Crippen LogP contribution in [-0.2, 0) is 0 Å². The number of ether oxygens (including phenoxy) is 3. The normalized spacial score (nSPS) is 10.4. The Morgan fingerprint density at radius 1 is 0.767 bits per heavy atom. The van der Waals surface area contributed by atoms with Gasteiger partial charge < -0.3 is 14.2 Å². The monoisotopic (exact) mass is 410 g/mol. The molecule has 162 valence electrons. The summed E-state index contributed by atoms with van der Waals surface area (Å²) in [6, 6.07) is 14.2. The SMILES string of the molecule is C=CCCCCOc1ccc(OC(=O)c2ccc(OCCCCCCC)cc2)cc1. The highest BCUT2D eigenvalue weighted by atomic mass is 16.5. The lowest BCUT2D eigenvalue weighted by Gasteiger charge is -2.09. The molecule has 0 aliphatic carbocycles. The summed E-state index contributed by atoms with van der Waals surface area (Å²) in [7, 11) is 0. The van der Waals surface area contributed by atoms with Crippen molar-refractivity contribution in [2.45, 2.75) is 58.3 Å². The highest BCUT2D eigenvalue weighted by molar-refractivity contribution is 5.91. The first-order valence-corrected chi connectivity index (χ1v) is 11.0. The summed E-state index contributed by atoms with van der Waals surface area (Å²) in [6.07, 6.45) is 11.0. The fraction of sp³-hybridized carbons (Fsp3) is 0.423. The Morgan fingerprint density at radius 3 is 1.90 bits per heavy atom. The van der Waals surface area contributed by atoms with E-state index < -0.39 is 0 Å². The van der Waals surface area contributed by atoms with Crippen LogP contribution in [-0.4, -0.2) is 19.2 Å². The second-order valence-corrected chi connectivity index (χ2v) is 7.28. The molecule has 0 aliphatic rings. The van der Waals surface area contributed by atoms with E-state index in [1.165, 1.54) is 25.7 Å². The third-order valence-electron chi connectivity index (χ3n) is 4.71. The van der Waals surface area contributed by atoms with Gasteiger partial charge in [-0.2, -0.15) is 0 Å². The summed E-state index contributed by atoms with van der Waals surface area (Å²) in [5.41, 5.74) is 0.493. The smallest absolute Gasteiger partial charge is 0.343 e. The minimum absolute atomic E-state index is 0.390. The number of carbonyl (C=O) groups is 1. The average Bonchev–Trinajstić information content (AvgIpc) is 2.77. The molecule has 0 atom stereocenters. The van der Waals surface area contributed by atoms with E-state index >= 15 is 0 Å². The van der Waals surface area contributed by atoms with Gasteiger partial charge in [-0.1, -0.05) is 38.7 Å². The number of carbonyl (C=O) groups excluding carboxylic acids is 1. The highest BCUT2D eigenvalue weighted by Gasteiger charge is 2.09. The van der Waals surface area contributed by atoms with Crippen LogP contribution in [0.25, 0.3) is 0 Å². The van der Waals surface area contributed by atoms with Crippen LogP contribution in [0.4, 0.5) is 0 Å². The van der Waals surface area contributed by atoms with Gasteiger partial charge in [-0.15, -0.1) is 6.58 Å². The summed E-state index contributed by atoms with van der Waals surface area (Å²) < 4.78 is 16.9. The van der Waals surface area contributed by atoms with Gasteiger partial charge >= 0.3 is 5.97 Å². The van der Waals surface area contributed by atoms with Gasteiger partial charge in [-0.05, 0) is 74.2 Å². The fourth-order valence-electron chi connectivity index (χ4n) is 2.93. The van der Waals surface area contributed by atoms with Gasteiger partial charge in [0, 0.05) is 0 Å².